The standard InChI is InChI=1S/C22H22BrN3O5/c1-13-9-18(14(2)8-17(13)23)24-19(27)12-31-22(30)16-10-20(28)26(11-16)25-21(29)15-6-4-3-5-7-15/h3-9,16H,10-12H2,1-2H3,(H,24,27)(H,25,29)/t16-/m0/s1. The average Bonchev–Trinajstić information content (AvgIpc) is 3.11. The highest BCUT2D eigenvalue weighted by atomic mass is 79.9. The normalized spacial score (nSPS) is 15.5. The largest absolute Gasteiger partial charge is 0.455 e. The monoisotopic (exact) mass is 487 g/mol. The van der Waals surface area contributed by atoms with Crippen LogP contribution in [0.3, 0.4) is 0 Å². The van der Waals surface area contributed by atoms with Crippen molar-refractivity contribution in [3.8, 4) is 0 Å². The molecule has 1 aliphatic rings. The van der Waals surface area contributed by atoms with Gasteiger partial charge in [-0.05, 0) is 49.2 Å². The van der Waals surface area contributed by atoms with E-state index in [2.05, 4.69) is 26.7 Å². The molecular formula is C22H22BrN3O5. The Labute approximate surface area is 188 Å². The maximum absolute atomic E-state index is 12.3. The highest BCUT2D eigenvalue weighted by molar-refractivity contribution is 9.10. The molecule has 3 amide bonds. The number of amides is 3. The van der Waals surface area contributed by atoms with E-state index in [4.69, 9.17) is 4.74 Å². The minimum atomic E-state index is -0.756. The van der Waals surface area contributed by atoms with E-state index in [1.165, 1.54) is 0 Å². The number of carbonyl (C=O) groups is 4. The van der Waals surface area contributed by atoms with Crippen molar-refractivity contribution in [2.24, 2.45) is 5.92 Å². The van der Waals surface area contributed by atoms with Gasteiger partial charge < -0.3 is 10.1 Å². The van der Waals surface area contributed by atoms with Crippen molar-refractivity contribution in [2.75, 3.05) is 18.5 Å². The van der Waals surface area contributed by atoms with Gasteiger partial charge in [-0.1, -0.05) is 34.1 Å². The Morgan fingerprint density at radius 3 is 2.55 bits per heavy atom. The van der Waals surface area contributed by atoms with Crippen LogP contribution in [0.15, 0.2) is 46.9 Å². The number of hydrogen-bond donors (Lipinski definition) is 2. The second kappa shape index (κ2) is 9.74. The van der Waals surface area contributed by atoms with Gasteiger partial charge in [-0.15, -0.1) is 0 Å². The van der Waals surface area contributed by atoms with Crippen molar-refractivity contribution in [1.29, 1.82) is 0 Å². The first-order valence-electron chi connectivity index (χ1n) is 9.64. The minimum Gasteiger partial charge on any atom is -0.455 e. The number of anilines is 1. The summed E-state index contributed by atoms with van der Waals surface area (Å²) in [5.74, 6) is -2.73. The van der Waals surface area contributed by atoms with Gasteiger partial charge in [-0.25, -0.2) is 0 Å². The summed E-state index contributed by atoms with van der Waals surface area (Å²) < 4.78 is 6.02. The number of esters is 1. The molecule has 0 aliphatic carbocycles. The highest BCUT2D eigenvalue weighted by Crippen LogP contribution is 2.24. The zero-order chi connectivity index (χ0) is 22.5. The van der Waals surface area contributed by atoms with Crippen LogP contribution >= 0.6 is 15.9 Å². The molecule has 8 nitrogen and oxygen atoms in total. The lowest BCUT2D eigenvalue weighted by Crippen LogP contribution is -2.43. The summed E-state index contributed by atoms with van der Waals surface area (Å²) in [4.78, 5) is 48.9. The van der Waals surface area contributed by atoms with Crippen LogP contribution in [0.25, 0.3) is 0 Å². The fourth-order valence-electron chi connectivity index (χ4n) is 3.11. The van der Waals surface area contributed by atoms with Crippen molar-refractivity contribution >= 4 is 45.3 Å². The Balaban J connectivity index is 1.50. The smallest absolute Gasteiger partial charge is 0.311 e. The molecule has 31 heavy (non-hydrogen) atoms. The van der Waals surface area contributed by atoms with Gasteiger partial charge in [0.25, 0.3) is 11.8 Å². The molecule has 0 aromatic heterocycles. The molecule has 1 saturated heterocycles. The number of aryl methyl sites for hydroxylation is 2. The number of rotatable bonds is 6. The Morgan fingerprint density at radius 1 is 1.13 bits per heavy atom. The molecule has 1 atom stereocenters. The van der Waals surface area contributed by atoms with Gasteiger partial charge in [0.1, 0.15) is 0 Å². The summed E-state index contributed by atoms with van der Waals surface area (Å²) in [5.41, 5.74) is 5.35. The number of benzene rings is 2. The molecule has 1 aliphatic heterocycles. The molecule has 9 heteroatoms. The molecule has 0 unspecified atom stereocenters. The van der Waals surface area contributed by atoms with E-state index >= 15 is 0 Å². The summed E-state index contributed by atoms with van der Waals surface area (Å²) in [6.45, 7) is 3.28. The zero-order valence-electron chi connectivity index (χ0n) is 17.1. The van der Waals surface area contributed by atoms with Crippen LogP contribution in [-0.2, 0) is 19.1 Å². The predicted octanol–water partition coefficient (Wildman–Crippen LogP) is 2.74. The Kier molecular flexibility index (Phi) is 7.06. The maximum Gasteiger partial charge on any atom is 0.311 e. The van der Waals surface area contributed by atoms with Gasteiger partial charge in [0, 0.05) is 22.1 Å². The lowest BCUT2D eigenvalue weighted by atomic mass is 10.1. The quantitative estimate of drug-likeness (QED) is 0.609. The average molecular weight is 488 g/mol. The molecule has 0 radical (unpaired) electrons. The van der Waals surface area contributed by atoms with Gasteiger partial charge in [0.15, 0.2) is 6.61 Å². The fourth-order valence-corrected chi connectivity index (χ4v) is 3.56. The van der Waals surface area contributed by atoms with E-state index in [9.17, 15) is 19.2 Å². The molecule has 1 heterocycles. The van der Waals surface area contributed by atoms with Gasteiger partial charge in [-0.3, -0.25) is 29.6 Å². The van der Waals surface area contributed by atoms with E-state index in [0.29, 0.717) is 11.3 Å². The second-order valence-electron chi connectivity index (χ2n) is 7.28. The fraction of sp³-hybridized carbons (Fsp3) is 0.273. The number of nitrogens with one attached hydrogen (secondary N) is 2. The SMILES string of the molecule is Cc1cc(NC(=O)COC(=O)[C@H]2CC(=O)N(NC(=O)c3ccccc3)C2)c(C)cc1Br. The number of ether oxygens (including phenoxy) is 1. The van der Waals surface area contributed by atoms with Crippen LogP contribution in [0.1, 0.15) is 27.9 Å². The van der Waals surface area contributed by atoms with Gasteiger partial charge in [-0.2, -0.15) is 0 Å². The van der Waals surface area contributed by atoms with Crippen LogP contribution in [0.5, 0.6) is 0 Å². The molecule has 0 bridgehead atoms. The molecule has 2 N–H and O–H groups in total. The molecule has 1 fully saturated rings. The van der Waals surface area contributed by atoms with E-state index in [1.807, 2.05) is 26.0 Å². The first kappa shape index (κ1) is 22.5. The summed E-state index contributed by atoms with van der Waals surface area (Å²) in [6, 6.07) is 12.1. The first-order chi connectivity index (χ1) is 14.7. The van der Waals surface area contributed by atoms with Crippen LogP contribution < -0.4 is 10.7 Å². The summed E-state index contributed by atoms with van der Waals surface area (Å²) >= 11 is 3.43. The van der Waals surface area contributed by atoms with Crippen LogP contribution in [0, 0.1) is 19.8 Å². The van der Waals surface area contributed by atoms with Crippen molar-refractivity contribution < 1.29 is 23.9 Å². The van der Waals surface area contributed by atoms with E-state index in [-0.39, 0.29) is 13.0 Å². The summed E-state index contributed by atoms with van der Waals surface area (Å²) in [6.07, 6.45) is -0.0967. The molecular weight excluding hydrogens is 466 g/mol. The number of halogens is 1. The Hall–Kier alpha value is -3.20. The topological polar surface area (TPSA) is 105 Å². The van der Waals surface area contributed by atoms with Gasteiger partial charge >= 0.3 is 5.97 Å². The van der Waals surface area contributed by atoms with Crippen molar-refractivity contribution in [1.82, 2.24) is 10.4 Å². The van der Waals surface area contributed by atoms with Gasteiger partial charge in [0.05, 0.1) is 12.5 Å². The van der Waals surface area contributed by atoms with E-state index < -0.39 is 36.2 Å². The van der Waals surface area contributed by atoms with E-state index in [0.717, 1.165) is 20.6 Å². The zero-order valence-corrected chi connectivity index (χ0v) is 18.7. The molecule has 3 rings (SSSR count). The number of hydrazine groups is 1. The molecule has 0 saturated carbocycles. The number of nitrogens with zero attached hydrogens (tertiary/aromatic N) is 1. The molecule has 0 spiro atoms. The third kappa shape index (κ3) is 5.69. The van der Waals surface area contributed by atoms with Crippen molar-refractivity contribution in [2.45, 2.75) is 20.3 Å². The predicted molar refractivity (Wildman–Crippen MR) is 117 cm³/mol. The minimum absolute atomic E-state index is 0.0110. The maximum atomic E-state index is 12.3. The highest BCUT2D eigenvalue weighted by Gasteiger charge is 2.36. The molecule has 2 aromatic carbocycles. The first-order valence-corrected chi connectivity index (χ1v) is 10.4. The lowest BCUT2D eigenvalue weighted by molar-refractivity contribution is -0.151. The second-order valence-corrected chi connectivity index (χ2v) is 8.14. The Bertz CT molecular complexity index is 1030. The third-order valence-electron chi connectivity index (χ3n) is 4.86. The lowest BCUT2D eigenvalue weighted by Gasteiger charge is -2.17. The van der Waals surface area contributed by atoms with Crippen molar-refractivity contribution in [3.63, 3.8) is 0 Å². The van der Waals surface area contributed by atoms with Crippen LogP contribution in [0.4, 0.5) is 5.69 Å². The Morgan fingerprint density at radius 2 is 1.84 bits per heavy atom. The summed E-state index contributed by atoms with van der Waals surface area (Å²) in [7, 11) is 0. The molecule has 162 valence electrons. The number of hydrogen-bond acceptors (Lipinski definition) is 5. The number of carbonyl (C=O) groups excluding carboxylic acids is 4. The van der Waals surface area contributed by atoms with Gasteiger partial charge in [0.2, 0.25) is 5.91 Å². The van der Waals surface area contributed by atoms with Crippen LogP contribution in [0.2, 0.25) is 0 Å². The van der Waals surface area contributed by atoms with Crippen LogP contribution in [-0.4, -0.2) is 41.9 Å². The molecule has 2 aromatic rings. The van der Waals surface area contributed by atoms with E-state index in [1.54, 1.807) is 30.3 Å². The van der Waals surface area contributed by atoms with Crippen molar-refractivity contribution in [3.05, 3.63) is 63.6 Å². The third-order valence-corrected chi connectivity index (χ3v) is 5.71. The summed E-state index contributed by atoms with van der Waals surface area (Å²) in [5, 5.41) is 3.82.